The maximum atomic E-state index is 10.3. The third-order valence-corrected chi connectivity index (χ3v) is 0.849. The molecular formula is C4H7IO3. The number of alkyl halides is 1. The van der Waals surface area contributed by atoms with Crippen LogP contribution in [0.1, 0.15) is 6.92 Å². The Labute approximate surface area is 61.2 Å². The van der Waals surface area contributed by atoms with Crippen molar-refractivity contribution in [2.45, 2.75) is 13.0 Å². The van der Waals surface area contributed by atoms with Gasteiger partial charge in [-0.25, -0.2) is 4.79 Å². The molecule has 8 heavy (non-hydrogen) atoms. The maximum absolute atomic E-state index is 10.3. The van der Waals surface area contributed by atoms with Gasteiger partial charge in [-0.2, -0.15) is 0 Å². The average Bonchev–Trinajstić information content (AvgIpc) is 1.67. The van der Waals surface area contributed by atoms with Crippen LogP contribution in [0, 0.1) is 0 Å². The van der Waals surface area contributed by atoms with Gasteiger partial charge in [0.05, 0.1) is 0 Å². The standard InChI is InChI=1S/C4H7IO3/c1-3(6)4(7)8-2-5/h3,6H,2H2,1H3. The highest BCUT2D eigenvalue weighted by Gasteiger charge is 2.07. The van der Waals surface area contributed by atoms with Crippen LogP contribution in [0.3, 0.4) is 0 Å². The minimum absolute atomic E-state index is 0.293. The molecule has 0 bridgehead atoms. The molecule has 0 aromatic heterocycles. The van der Waals surface area contributed by atoms with Gasteiger partial charge in [-0.15, -0.1) is 0 Å². The minimum Gasteiger partial charge on any atom is -0.453 e. The van der Waals surface area contributed by atoms with E-state index >= 15 is 0 Å². The summed E-state index contributed by atoms with van der Waals surface area (Å²) in [5, 5.41) is 8.47. The molecule has 1 atom stereocenters. The molecule has 1 N–H and O–H groups in total. The molecule has 0 radical (unpaired) electrons. The van der Waals surface area contributed by atoms with Gasteiger partial charge in [-0.05, 0) is 29.5 Å². The average molecular weight is 230 g/mol. The van der Waals surface area contributed by atoms with E-state index in [1.54, 1.807) is 0 Å². The number of carbonyl (C=O) groups excluding carboxylic acids is 1. The Balaban J connectivity index is 3.33. The summed E-state index contributed by atoms with van der Waals surface area (Å²) in [5.74, 6) is -0.570. The second kappa shape index (κ2) is 4.08. The van der Waals surface area contributed by atoms with Gasteiger partial charge in [0.2, 0.25) is 0 Å². The molecule has 0 fully saturated rings. The lowest BCUT2D eigenvalue weighted by atomic mass is 10.4. The largest absolute Gasteiger partial charge is 0.453 e. The van der Waals surface area contributed by atoms with Crippen LogP contribution >= 0.6 is 22.6 Å². The molecule has 0 heterocycles. The van der Waals surface area contributed by atoms with Crippen LogP contribution in [-0.4, -0.2) is 21.8 Å². The molecule has 0 aromatic rings. The van der Waals surface area contributed by atoms with E-state index < -0.39 is 12.1 Å². The Morgan fingerprint density at radius 2 is 2.50 bits per heavy atom. The SMILES string of the molecule is CC(O)C(=O)OCI. The number of rotatable bonds is 2. The summed E-state index contributed by atoms with van der Waals surface area (Å²) in [5.41, 5.74) is 0. The van der Waals surface area contributed by atoms with Crippen LogP contribution in [0.4, 0.5) is 0 Å². The first-order chi connectivity index (χ1) is 3.68. The van der Waals surface area contributed by atoms with Gasteiger partial charge >= 0.3 is 5.97 Å². The topological polar surface area (TPSA) is 46.5 Å². The number of ether oxygens (including phenoxy) is 1. The van der Waals surface area contributed by atoms with Gasteiger partial charge in [0.1, 0.15) is 10.7 Å². The van der Waals surface area contributed by atoms with E-state index in [0.29, 0.717) is 4.61 Å². The lowest BCUT2D eigenvalue weighted by Gasteiger charge is -2.00. The first-order valence-corrected chi connectivity index (χ1v) is 3.61. The van der Waals surface area contributed by atoms with Crippen molar-refractivity contribution in [2.24, 2.45) is 0 Å². The highest BCUT2D eigenvalue weighted by Crippen LogP contribution is 1.89. The van der Waals surface area contributed by atoms with Gasteiger partial charge in [-0.1, -0.05) is 0 Å². The van der Waals surface area contributed by atoms with Crippen molar-refractivity contribution in [3.8, 4) is 0 Å². The fraction of sp³-hybridized carbons (Fsp3) is 0.750. The van der Waals surface area contributed by atoms with Crippen molar-refractivity contribution < 1.29 is 14.6 Å². The maximum Gasteiger partial charge on any atom is 0.335 e. The lowest BCUT2D eigenvalue weighted by Crippen LogP contribution is -2.18. The molecule has 0 saturated carbocycles. The number of halogens is 1. The number of carbonyl (C=O) groups is 1. The Hall–Kier alpha value is 0.160. The Morgan fingerprint density at radius 1 is 2.00 bits per heavy atom. The van der Waals surface area contributed by atoms with E-state index in [9.17, 15) is 4.79 Å². The number of aliphatic hydroxyl groups excluding tert-OH is 1. The third-order valence-electron chi connectivity index (χ3n) is 0.538. The van der Waals surface area contributed by atoms with Crippen LogP contribution < -0.4 is 0 Å². The molecule has 0 aliphatic heterocycles. The zero-order chi connectivity index (χ0) is 6.57. The molecule has 48 valence electrons. The van der Waals surface area contributed by atoms with Crippen molar-refractivity contribution in [1.82, 2.24) is 0 Å². The summed E-state index contributed by atoms with van der Waals surface area (Å²) in [6, 6.07) is 0. The van der Waals surface area contributed by atoms with Crippen molar-refractivity contribution in [3.63, 3.8) is 0 Å². The molecule has 0 amide bonds. The van der Waals surface area contributed by atoms with E-state index in [1.807, 2.05) is 22.6 Å². The highest BCUT2D eigenvalue weighted by atomic mass is 127. The molecule has 4 heteroatoms. The van der Waals surface area contributed by atoms with Crippen molar-refractivity contribution in [1.29, 1.82) is 0 Å². The van der Waals surface area contributed by atoms with Crippen molar-refractivity contribution in [2.75, 3.05) is 4.61 Å². The first-order valence-electron chi connectivity index (χ1n) is 2.09. The number of esters is 1. The van der Waals surface area contributed by atoms with Gasteiger partial charge in [0.15, 0.2) is 0 Å². The number of hydrogen-bond acceptors (Lipinski definition) is 3. The molecular weight excluding hydrogens is 223 g/mol. The van der Waals surface area contributed by atoms with Gasteiger partial charge in [-0.3, -0.25) is 0 Å². The first kappa shape index (κ1) is 8.16. The Kier molecular flexibility index (Phi) is 4.16. The van der Waals surface area contributed by atoms with E-state index in [1.165, 1.54) is 6.92 Å². The third kappa shape index (κ3) is 3.20. The molecule has 0 aromatic carbocycles. The van der Waals surface area contributed by atoms with E-state index in [-0.39, 0.29) is 0 Å². The summed E-state index contributed by atoms with van der Waals surface area (Å²) in [6.07, 6.45) is -0.996. The van der Waals surface area contributed by atoms with Gasteiger partial charge in [0, 0.05) is 0 Å². The molecule has 0 aliphatic rings. The zero-order valence-corrected chi connectivity index (χ0v) is 6.58. The summed E-state index contributed by atoms with van der Waals surface area (Å²) >= 11 is 1.88. The van der Waals surface area contributed by atoms with Crippen LogP contribution in [-0.2, 0) is 9.53 Å². The second-order valence-electron chi connectivity index (χ2n) is 1.25. The Morgan fingerprint density at radius 3 is 2.62 bits per heavy atom. The van der Waals surface area contributed by atoms with Crippen molar-refractivity contribution >= 4 is 28.6 Å². The molecule has 0 rings (SSSR count). The fourth-order valence-electron chi connectivity index (χ4n) is 0.174. The van der Waals surface area contributed by atoms with Gasteiger partial charge in [0.25, 0.3) is 0 Å². The summed E-state index contributed by atoms with van der Waals surface area (Å²) < 4.78 is 4.69. The molecule has 0 aliphatic carbocycles. The highest BCUT2D eigenvalue weighted by molar-refractivity contribution is 14.1. The summed E-state index contributed by atoms with van der Waals surface area (Å²) in [7, 11) is 0. The monoisotopic (exact) mass is 230 g/mol. The quantitative estimate of drug-likeness (QED) is 0.421. The Bertz CT molecular complexity index is 81.4. The number of aliphatic hydroxyl groups is 1. The fourth-order valence-corrected chi connectivity index (χ4v) is 0.481. The normalized spacial score (nSPS) is 12.9. The smallest absolute Gasteiger partial charge is 0.335 e. The van der Waals surface area contributed by atoms with Crippen LogP contribution in [0.2, 0.25) is 0 Å². The second-order valence-corrected chi connectivity index (χ2v) is 1.87. The van der Waals surface area contributed by atoms with Crippen molar-refractivity contribution in [3.05, 3.63) is 0 Å². The summed E-state index contributed by atoms with van der Waals surface area (Å²) in [6.45, 7) is 1.37. The lowest BCUT2D eigenvalue weighted by molar-refractivity contribution is -0.149. The molecule has 0 saturated heterocycles. The molecule has 1 unspecified atom stereocenters. The van der Waals surface area contributed by atoms with Gasteiger partial charge < -0.3 is 9.84 Å². The number of hydrogen-bond donors (Lipinski definition) is 1. The zero-order valence-electron chi connectivity index (χ0n) is 4.43. The van der Waals surface area contributed by atoms with Crippen LogP contribution in [0.25, 0.3) is 0 Å². The molecule has 3 nitrogen and oxygen atoms in total. The van der Waals surface area contributed by atoms with Crippen LogP contribution in [0.5, 0.6) is 0 Å². The van der Waals surface area contributed by atoms with Crippen LogP contribution in [0.15, 0.2) is 0 Å². The minimum atomic E-state index is -0.996. The van der Waals surface area contributed by atoms with E-state index in [4.69, 9.17) is 5.11 Å². The molecule has 0 spiro atoms. The predicted molar refractivity (Wildman–Crippen MR) is 36.7 cm³/mol. The summed E-state index contributed by atoms with van der Waals surface area (Å²) in [4.78, 5) is 10.3. The van der Waals surface area contributed by atoms with E-state index in [0.717, 1.165) is 0 Å². The predicted octanol–water partition coefficient (Wildman–Crippen LogP) is 0.303. The van der Waals surface area contributed by atoms with E-state index in [2.05, 4.69) is 4.74 Å².